The summed E-state index contributed by atoms with van der Waals surface area (Å²) in [4.78, 5) is 11.8. The predicted molar refractivity (Wildman–Crippen MR) is 46.8 cm³/mol. The summed E-state index contributed by atoms with van der Waals surface area (Å²) in [5, 5.41) is 0. The van der Waals surface area contributed by atoms with Crippen molar-refractivity contribution in [3.8, 4) is 0 Å². The zero-order valence-electron chi connectivity index (χ0n) is 7.57. The number of ketones is 1. The molecular weight excluding hydrogens is 148 g/mol. The molecule has 0 N–H and O–H groups in total. The number of carbonyl (C=O) groups excluding carboxylic acids is 1. The normalized spacial score (nSPS) is 51.2. The van der Waals surface area contributed by atoms with Crippen molar-refractivity contribution in [3.05, 3.63) is 0 Å². The van der Waals surface area contributed by atoms with Crippen molar-refractivity contribution in [3.63, 3.8) is 0 Å². The van der Waals surface area contributed by atoms with Gasteiger partial charge >= 0.3 is 0 Å². The number of hydrogen-bond donors (Lipinski definition) is 0. The van der Waals surface area contributed by atoms with Crippen LogP contribution < -0.4 is 0 Å². The maximum atomic E-state index is 11.8. The Labute approximate surface area is 73.5 Å². The van der Waals surface area contributed by atoms with E-state index in [2.05, 4.69) is 0 Å². The fraction of sp³-hybridized carbons (Fsp3) is 0.909. The minimum Gasteiger partial charge on any atom is -0.299 e. The van der Waals surface area contributed by atoms with Crippen LogP contribution in [0.25, 0.3) is 0 Å². The second-order valence-corrected chi connectivity index (χ2v) is 5.02. The largest absolute Gasteiger partial charge is 0.299 e. The fourth-order valence-electron chi connectivity index (χ4n) is 3.92. The topological polar surface area (TPSA) is 17.1 Å². The third-order valence-electron chi connectivity index (χ3n) is 4.63. The smallest absolute Gasteiger partial charge is 0.139 e. The van der Waals surface area contributed by atoms with Crippen LogP contribution in [-0.4, -0.2) is 5.78 Å². The zero-order chi connectivity index (χ0) is 8.23. The Hall–Kier alpha value is -0.330. The maximum Gasteiger partial charge on any atom is 0.139 e. The number of rotatable bonds is 0. The lowest BCUT2D eigenvalue weighted by Gasteiger charge is -2.33. The minimum atomic E-state index is 0.240. The van der Waals surface area contributed by atoms with Gasteiger partial charge in [-0.3, -0.25) is 4.79 Å². The Morgan fingerprint density at radius 2 is 1.75 bits per heavy atom. The first kappa shape index (κ1) is 7.11. The molecule has 2 atom stereocenters. The highest BCUT2D eigenvalue weighted by molar-refractivity contribution is 5.90. The Morgan fingerprint density at radius 1 is 1.00 bits per heavy atom. The van der Waals surface area contributed by atoms with E-state index in [9.17, 15) is 4.79 Å². The van der Waals surface area contributed by atoms with Crippen LogP contribution >= 0.6 is 0 Å². The van der Waals surface area contributed by atoms with Crippen molar-refractivity contribution in [2.45, 2.75) is 51.4 Å². The number of hydrogen-bond acceptors (Lipinski definition) is 1. The lowest BCUT2D eigenvalue weighted by molar-refractivity contribution is -0.128. The van der Waals surface area contributed by atoms with Crippen molar-refractivity contribution in [2.75, 3.05) is 0 Å². The summed E-state index contributed by atoms with van der Waals surface area (Å²) in [6.07, 6.45) is 9.98. The van der Waals surface area contributed by atoms with Crippen molar-refractivity contribution >= 4 is 5.78 Å². The molecule has 1 heteroatoms. The Bertz CT molecular complexity index is 241. The molecule has 3 rings (SSSR count). The van der Waals surface area contributed by atoms with Crippen molar-refractivity contribution < 1.29 is 4.79 Å². The maximum absolute atomic E-state index is 11.8. The first-order valence-electron chi connectivity index (χ1n) is 5.33. The van der Waals surface area contributed by atoms with Crippen LogP contribution in [0.2, 0.25) is 0 Å². The summed E-state index contributed by atoms with van der Waals surface area (Å²) < 4.78 is 0. The van der Waals surface area contributed by atoms with E-state index in [0.29, 0.717) is 11.2 Å². The highest BCUT2D eigenvalue weighted by Crippen LogP contribution is 2.75. The van der Waals surface area contributed by atoms with Gasteiger partial charge in [0.2, 0.25) is 0 Å². The van der Waals surface area contributed by atoms with Crippen molar-refractivity contribution in [1.82, 2.24) is 0 Å². The van der Waals surface area contributed by atoms with Gasteiger partial charge < -0.3 is 0 Å². The number of Topliss-reactive ketones (excluding diaryl/α,β-unsaturated/α-hetero) is 1. The Balaban J connectivity index is 1.97. The van der Waals surface area contributed by atoms with E-state index in [1.165, 1.54) is 44.9 Å². The van der Waals surface area contributed by atoms with Gasteiger partial charge in [0.05, 0.1) is 0 Å². The van der Waals surface area contributed by atoms with Crippen LogP contribution in [0, 0.1) is 10.8 Å². The van der Waals surface area contributed by atoms with Crippen molar-refractivity contribution in [1.29, 1.82) is 0 Å². The first-order valence-corrected chi connectivity index (χ1v) is 5.33. The van der Waals surface area contributed by atoms with E-state index < -0.39 is 0 Å². The molecule has 0 aromatic carbocycles. The summed E-state index contributed by atoms with van der Waals surface area (Å²) in [7, 11) is 0. The fourth-order valence-corrected chi connectivity index (χ4v) is 3.92. The van der Waals surface area contributed by atoms with Gasteiger partial charge in [-0.25, -0.2) is 0 Å². The van der Waals surface area contributed by atoms with Gasteiger partial charge in [-0.2, -0.15) is 0 Å². The third-order valence-corrected chi connectivity index (χ3v) is 4.63. The van der Waals surface area contributed by atoms with Crippen LogP contribution in [0.5, 0.6) is 0 Å². The molecule has 0 radical (unpaired) electrons. The minimum absolute atomic E-state index is 0.240. The molecule has 66 valence electrons. The van der Waals surface area contributed by atoms with Crippen LogP contribution in [0.3, 0.4) is 0 Å². The molecule has 1 nitrogen and oxygen atoms in total. The number of carbonyl (C=O) groups is 1. The Kier molecular flexibility index (Phi) is 1.15. The average molecular weight is 164 g/mol. The predicted octanol–water partition coefficient (Wildman–Crippen LogP) is 2.69. The van der Waals surface area contributed by atoms with Gasteiger partial charge in [-0.15, -0.1) is 0 Å². The standard InChI is InChI=1S/C11H16O/c12-9-4-3-6-10-5-1-2-7-11(9,10)8-10/h1-8H2. The molecule has 0 bridgehead atoms. The molecule has 0 amide bonds. The summed E-state index contributed by atoms with van der Waals surface area (Å²) in [5.74, 6) is 0.619. The lowest BCUT2D eigenvalue weighted by Crippen LogP contribution is -2.31. The summed E-state index contributed by atoms with van der Waals surface area (Å²) >= 11 is 0. The molecule has 3 aliphatic carbocycles. The molecule has 12 heavy (non-hydrogen) atoms. The van der Waals surface area contributed by atoms with Gasteiger partial charge in [0, 0.05) is 11.8 Å². The van der Waals surface area contributed by atoms with Gasteiger partial charge in [-0.05, 0) is 37.5 Å². The first-order chi connectivity index (χ1) is 5.79. The Morgan fingerprint density at radius 3 is 2.58 bits per heavy atom. The van der Waals surface area contributed by atoms with E-state index in [1.54, 1.807) is 0 Å². The van der Waals surface area contributed by atoms with E-state index in [-0.39, 0.29) is 5.41 Å². The van der Waals surface area contributed by atoms with E-state index >= 15 is 0 Å². The third kappa shape index (κ3) is 0.605. The van der Waals surface area contributed by atoms with Crippen LogP contribution in [0.15, 0.2) is 0 Å². The van der Waals surface area contributed by atoms with Crippen LogP contribution in [0.4, 0.5) is 0 Å². The van der Waals surface area contributed by atoms with Gasteiger partial charge in [0.1, 0.15) is 5.78 Å². The molecule has 3 aliphatic rings. The molecule has 2 unspecified atom stereocenters. The van der Waals surface area contributed by atoms with Crippen LogP contribution in [0.1, 0.15) is 51.4 Å². The SMILES string of the molecule is O=C1CCCC23CCCCC12C3. The van der Waals surface area contributed by atoms with Crippen LogP contribution in [-0.2, 0) is 4.79 Å². The van der Waals surface area contributed by atoms with E-state index in [0.717, 1.165) is 6.42 Å². The van der Waals surface area contributed by atoms with E-state index in [4.69, 9.17) is 0 Å². The molecule has 0 saturated heterocycles. The van der Waals surface area contributed by atoms with Gasteiger partial charge in [0.25, 0.3) is 0 Å². The molecule has 0 aromatic heterocycles. The molecule has 3 fully saturated rings. The molecule has 3 saturated carbocycles. The molecule has 0 aliphatic heterocycles. The van der Waals surface area contributed by atoms with Crippen molar-refractivity contribution in [2.24, 2.45) is 10.8 Å². The summed E-state index contributed by atoms with van der Waals surface area (Å²) in [6.45, 7) is 0. The van der Waals surface area contributed by atoms with Gasteiger partial charge in [0.15, 0.2) is 0 Å². The molecule has 0 aromatic rings. The zero-order valence-corrected chi connectivity index (χ0v) is 7.57. The molecule has 0 heterocycles. The second-order valence-electron chi connectivity index (χ2n) is 5.02. The highest BCUT2D eigenvalue weighted by Gasteiger charge is 2.71. The molecule has 0 spiro atoms. The summed E-state index contributed by atoms with van der Waals surface area (Å²) in [5.41, 5.74) is 0.782. The average Bonchev–Trinajstić information content (AvgIpc) is 2.75. The second kappa shape index (κ2) is 1.94. The highest BCUT2D eigenvalue weighted by atomic mass is 16.1. The quantitative estimate of drug-likeness (QED) is 0.538. The molecular formula is C11H16O. The lowest BCUT2D eigenvalue weighted by atomic mass is 9.70. The monoisotopic (exact) mass is 164 g/mol. The van der Waals surface area contributed by atoms with Gasteiger partial charge in [-0.1, -0.05) is 12.8 Å². The summed E-state index contributed by atoms with van der Waals surface area (Å²) in [6, 6.07) is 0. The van der Waals surface area contributed by atoms with E-state index in [1.807, 2.05) is 0 Å².